The van der Waals surface area contributed by atoms with Crippen molar-refractivity contribution in [1.82, 2.24) is 34.8 Å². The van der Waals surface area contributed by atoms with Gasteiger partial charge in [-0.2, -0.15) is 0 Å². The van der Waals surface area contributed by atoms with Gasteiger partial charge in [0.25, 0.3) is 5.91 Å². The van der Waals surface area contributed by atoms with E-state index in [1.165, 1.54) is 34.6 Å². The summed E-state index contributed by atoms with van der Waals surface area (Å²) in [5.41, 5.74) is 0.498. The number of aryl methyl sites for hydroxylation is 1. The van der Waals surface area contributed by atoms with E-state index in [9.17, 15) is 9.18 Å². The minimum Gasteiger partial charge on any atom is -0.342 e. The van der Waals surface area contributed by atoms with Crippen LogP contribution in [0.15, 0.2) is 41.8 Å². The minimum absolute atomic E-state index is 0.0169. The summed E-state index contributed by atoms with van der Waals surface area (Å²) in [7, 11) is 0. The van der Waals surface area contributed by atoms with Crippen LogP contribution >= 0.6 is 11.3 Å². The molecule has 1 aromatic carbocycles. The average molecular weight is 438 g/mol. The van der Waals surface area contributed by atoms with Crippen molar-refractivity contribution in [3.8, 4) is 16.4 Å². The predicted octanol–water partition coefficient (Wildman–Crippen LogP) is 3.38. The van der Waals surface area contributed by atoms with E-state index in [1.54, 1.807) is 12.1 Å². The number of halogens is 1. The normalized spacial score (nSPS) is 13.6. The summed E-state index contributed by atoms with van der Waals surface area (Å²) in [4.78, 5) is 18.1. The molecule has 5 rings (SSSR count). The van der Waals surface area contributed by atoms with Gasteiger partial charge in [0.2, 0.25) is 5.82 Å². The van der Waals surface area contributed by atoms with Crippen LogP contribution in [-0.2, 0) is 19.5 Å². The zero-order chi connectivity index (χ0) is 21.2. The van der Waals surface area contributed by atoms with Gasteiger partial charge in [0.05, 0.1) is 17.1 Å². The molecule has 0 radical (unpaired) electrons. The second-order valence-corrected chi connectivity index (χ2v) is 8.25. The van der Waals surface area contributed by atoms with Crippen LogP contribution in [0.4, 0.5) is 4.39 Å². The molecule has 10 heteroatoms. The van der Waals surface area contributed by atoms with E-state index in [4.69, 9.17) is 0 Å². The Hall–Kier alpha value is -3.40. The third-order valence-corrected chi connectivity index (χ3v) is 6.06. The standard InChI is InChI=1S/C21H20FN7OS/c22-14-6-4-7-15(12-14)29-20(16-8-5-11-31-16)24-19(27-29)21(30)23-13-18-26-25-17-9-2-1-3-10-28(17)18/h4-8,11-12H,1-3,9-10,13H2,(H,23,30). The Morgan fingerprint density at radius 2 is 2.10 bits per heavy atom. The van der Waals surface area contributed by atoms with Gasteiger partial charge in [-0.25, -0.2) is 14.1 Å². The lowest BCUT2D eigenvalue weighted by Crippen LogP contribution is -2.26. The van der Waals surface area contributed by atoms with E-state index in [1.807, 2.05) is 17.5 Å². The topological polar surface area (TPSA) is 90.5 Å². The minimum atomic E-state index is -0.418. The van der Waals surface area contributed by atoms with Crippen LogP contribution in [0.3, 0.4) is 0 Å². The molecule has 1 aliphatic heterocycles. The maximum Gasteiger partial charge on any atom is 0.291 e. The number of carbonyl (C=O) groups is 1. The van der Waals surface area contributed by atoms with Crippen molar-refractivity contribution in [2.45, 2.75) is 38.8 Å². The van der Waals surface area contributed by atoms with Gasteiger partial charge in [-0.15, -0.1) is 26.6 Å². The number of amides is 1. The zero-order valence-corrected chi connectivity index (χ0v) is 17.5. The first kappa shape index (κ1) is 19.6. The SMILES string of the molecule is O=C(NCc1nnc2n1CCCCC2)c1nc(-c2cccs2)n(-c2cccc(F)c2)n1. The highest BCUT2D eigenvalue weighted by molar-refractivity contribution is 7.13. The molecule has 0 saturated heterocycles. The zero-order valence-electron chi connectivity index (χ0n) is 16.7. The van der Waals surface area contributed by atoms with Crippen molar-refractivity contribution < 1.29 is 9.18 Å². The molecular formula is C21H20FN7OS. The number of fused-ring (bicyclic) bond motifs is 1. The van der Waals surface area contributed by atoms with Crippen molar-refractivity contribution in [2.75, 3.05) is 0 Å². The molecule has 1 aliphatic rings. The highest BCUT2D eigenvalue weighted by Gasteiger charge is 2.21. The van der Waals surface area contributed by atoms with Crippen LogP contribution < -0.4 is 5.32 Å². The first-order chi connectivity index (χ1) is 15.2. The Balaban J connectivity index is 1.41. The molecule has 0 spiro atoms. The van der Waals surface area contributed by atoms with Crippen LogP contribution in [0.25, 0.3) is 16.4 Å². The number of hydrogen-bond donors (Lipinski definition) is 1. The molecule has 0 aliphatic carbocycles. The third kappa shape index (κ3) is 3.98. The number of thiophene rings is 1. The molecule has 3 aromatic heterocycles. The summed E-state index contributed by atoms with van der Waals surface area (Å²) >= 11 is 1.47. The Labute approximate surface area is 181 Å². The van der Waals surface area contributed by atoms with E-state index in [-0.39, 0.29) is 18.2 Å². The van der Waals surface area contributed by atoms with Gasteiger partial charge in [-0.3, -0.25) is 4.79 Å². The monoisotopic (exact) mass is 437 g/mol. The number of rotatable bonds is 5. The summed E-state index contributed by atoms with van der Waals surface area (Å²) < 4.78 is 17.4. The molecule has 31 heavy (non-hydrogen) atoms. The smallest absolute Gasteiger partial charge is 0.291 e. The van der Waals surface area contributed by atoms with Crippen molar-refractivity contribution >= 4 is 17.2 Å². The second-order valence-electron chi connectivity index (χ2n) is 7.31. The molecule has 8 nitrogen and oxygen atoms in total. The molecule has 158 valence electrons. The van der Waals surface area contributed by atoms with E-state index in [0.29, 0.717) is 11.5 Å². The molecule has 0 saturated carbocycles. The van der Waals surface area contributed by atoms with Gasteiger partial charge in [-0.05, 0) is 42.5 Å². The molecule has 0 fully saturated rings. The summed E-state index contributed by atoms with van der Waals surface area (Å²) in [5.74, 6) is 1.40. The highest BCUT2D eigenvalue weighted by Crippen LogP contribution is 2.26. The fourth-order valence-corrected chi connectivity index (χ4v) is 4.37. The Morgan fingerprint density at radius 1 is 1.16 bits per heavy atom. The quantitative estimate of drug-likeness (QED) is 0.517. The van der Waals surface area contributed by atoms with Gasteiger partial charge in [0.15, 0.2) is 11.6 Å². The van der Waals surface area contributed by atoms with Crippen LogP contribution in [0.2, 0.25) is 0 Å². The largest absolute Gasteiger partial charge is 0.342 e. The molecule has 0 atom stereocenters. The molecule has 1 amide bonds. The first-order valence-electron chi connectivity index (χ1n) is 10.1. The Bertz CT molecular complexity index is 1210. The summed E-state index contributed by atoms with van der Waals surface area (Å²) in [5, 5.41) is 17.6. The number of hydrogen-bond acceptors (Lipinski definition) is 6. The Kier molecular flexibility index (Phi) is 5.29. The van der Waals surface area contributed by atoms with Gasteiger partial charge in [0.1, 0.15) is 11.6 Å². The summed E-state index contributed by atoms with van der Waals surface area (Å²) in [6.45, 7) is 1.11. The van der Waals surface area contributed by atoms with Gasteiger partial charge < -0.3 is 9.88 Å². The van der Waals surface area contributed by atoms with Gasteiger partial charge in [-0.1, -0.05) is 18.6 Å². The van der Waals surface area contributed by atoms with Gasteiger partial charge >= 0.3 is 0 Å². The molecule has 4 heterocycles. The molecule has 0 bridgehead atoms. The summed E-state index contributed by atoms with van der Waals surface area (Å²) in [6, 6.07) is 9.82. The lowest BCUT2D eigenvalue weighted by atomic mass is 10.2. The van der Waals surface area contributed by atoms with Crippen molar-refractivity contribution in [1.29, 1.82) is 0 Å². The first-order valence-corrected chi connectivity index (χ1v) is 11.0. The lowest BCUT2D eigenvalue weighted by Gasteiger charge is -2.07. The maximum absolute atomic E-state index is 13.8. The average Bonchev–Trinajstić information content (AvgIpc) is 3.49. The molecule has 1 N–H and O–H groups in total. The maximum atomic E-state index is 13.8. The van der Waals surface area contributed by atoms with Crippen LogP contribution in [0.5, 0.6) is 0 Å². The number of nitrogens with one attached hydrogen (secondary N) is 1. The molecule has 4 aromatic rings. The lowest BCUT2D eigenvalue weighted by molar-refractivity contribution is 0.0939. The fraction of sp³-hybridized carbons (Fsp3) is 0.286. The van der Waals surface area contributed by atoms with Crippen molar-refractivity contribution in [2.24, 2.45) is 0 Å². The van der Waals surface area contributed by atoms with E-state index >= 15 is 0 Å². The fourth-order valence-electron chi connectivity index (χ4n) is 3.68. The van der Waals surface area contributed by atoms with E-state index < -0.39 is 5.91 Å². The van der Waals surface area contributed by atoms with Crippen LogP contribution in [0.1, 0.15) is 41.5 Å². The third-order valence-electron chi connectivity index (χ3n) is 5.20. The van der Waals surface area contributed by atoms with Crippen LogP contribution in [-0.4, -0.2) is 35.4 Å². The van der Waals surface area contributed by atoms with Crippen molar-refractivity contribution in [3.63, 3.8) is 0 Å². The highest BCUT2D eigenvalue weighted by atomic mass is 32.1. The number of aromatic nitrogens is 6. The molecule has 0 unspecified atom stereocenters. The molecular weight excluding hydrogens is 417 g/mol. The van der Waals surface area contributed by atoms with Crippen LogP contribution in [0, 0.1) is 5.82 Å². The van der Waals surface area contributed by atoms with Gasteiger partial charge in [0, 0.05) is 13.0 Å². The number of nitrogens with zero attached hydrogens (tertiary/aromatic N) is 6. The predicted molar refractivity (Wildman–Crippen MR) is 113 cm³/mol. The summed E-state index contributed by atoms with van der Waals surface area (Å²) in [6.07, 6.45) is 4.26. The van der Waals surface area contributed by atoms with Crippen molar-refractivity contribution in [3.05, 3.63) is 65.1 Å². The van der Waals surface area contributed by atoms with E-state index in [2.05, 4.69) is 30.2 Å². The Morgan fingerprint density at radius 3 is 2.94 bits per heavy atom. The number of benzene rings is 1. The second kappa shape index (κ2) is 8.38. The number of carbonyl (C=O) groups excluding carboxylic acids is 1. The van der Waals surface area contributed by atoms with E-state index in [0.717, 1.165) is 42.3 Å².